The minimum Gasteiger partial charge on any atom is -0.368 e. The lowest BCUT2D eigenvalue weighted by molar-refractivity contribution is 0.412. The van der Waals surface area contributed by atoms with Crippen molar-refractivity contribution >= 4 is 11.8 Å². The fourth-order valence-corrected chi connectivity index (χ4v) is 3.50. The Hall–Kier alpha value is -3.00. The molecule has 3 aromatic rings. The van der Waals surface area contributed by atoms with Gasteiger partial charge in [0.15, 0.2) is 0 Å². The van der Waals surface area contributed by atoms with Gasteiger partial charge in [-0.1, -0.05) is 0 Å². The van der Waals surface area contributed by atoms with Crippen LogP contribution in [0.3, 0.4) is 0 Å². The number of aromatic nitrogens is 4. The van der Waals surface area contributed by atoms with Gasteiger partial charge in [0.2, 0.25) is 5.95 Å². The number of piperidine rings is 1. The van der Waals surface area contributed by atoms with Crippen molar-refractivity contribution in [3.8, 4) is 5.69 Å². The molecule has 146 valence electrons. The smallest absolute Gasteiger partial charge is 0.222 e. The van der Waals surface area contributed by atoms with E-state index >= 15 is 0 Å². The summed E-state index contributed by atoms with van der Waals surface area (Å²) in [6, 6.07) is 8.75. The molecule has 1 aliphatic rings. The second kappa shape index (κ2) is 7.93. The van der Waals surface area contributed by atoms with Crippen LogP contribution in [0.5, 0.6) is 0 Å². The molecule has 0 radical (unpaired) electrons. The van der Waals surface area contributed by atoms with Gasteiger partial charge in [-0.3, -0.25) is 0 Å². The monoisotopic (exact) mass is 381 g/mol. The van der Waals surface area contributed by atoms with Crippen LogP contribution in [0.4, 0.5) is 16.2 Å². The average Bonchev–Trinajstić information content (AvgIpc) is 3.16. The number of aryl methyl sites for hydroxylation is 1. The summed E-state index contributed by atoms with van der Waals surface area (Å²) in [5.74, 6) is 0.987. The highest BCUT2D eigenvalue weighted by atomic mass is 19.1. The first-order valence-electron chi connectivity index (χ1n) is 9.46. The lowest BCUT2D eigenvalue weighted by atomic mass is 10.0. The molecule has 0 amide bonds. The molecule has 2 aromatic heterocycles. The van der Waals surface area contributed by atoms with Crippen LogP contribution in [-0.2, 0) is 6.54 Å². The van der Waals surface area contributed by atoms with Crippen molar-refractivity contribution in [1.82, 2.24) is 25.1 Å². The van der Waals surface area contributed by atoms with Gasteiger partial charge in [-0.25, -0.2) is 14.1 Å². The average molecular weight is 381 g/mol. The van der Waals surface area contributed by atoms with Crippen molar-refractivity contribution in [2.75, 3.05) is 23.7 Å². The van der Waals surface area contributed by atoms with Gasteiger partial charge in [0, 0.05) is 49.2 Å². The maximum atomic E-state index is 13.1. The molecule has 1 aromatic carbocycles. The molecule has 0 bridgehead atoms. The number of rotatable bonds is 5. The lowest BCUT2D eigenvalue weighted by Gasteiger charge is -2.33. The van der Waals surface area contributed by atoms with E-state index in [9.17, 15) is 4.39 Å². The Morgan fingerprint density at radius 1 is 1.18 bits per heavy atom. The lowest BCUT2D eigenvalue weighted by Crippen LogP contribution is -2.42. The van der Waals surface area contributed by atoms with Crippen LogP contribution < -0.4 is 16.0 Å². The third-order valence-corrected chi connectivity index (χ3v) is 5.00. The van der Waals surface area contributed by atoms with E-state index < -0.39 is 0 Å². The number of nitrogens with two attached hydrogens (primary N) is 1. The fourth-order valence-electron chi connectivity index (χ4n) is 3.50. The van der Waals surface area contributed by atoms with Crippen LogP contribution in [-0.4, -0.2) is 38.9 Å². The predicted octanol–water partition coefficient (Wildman–Crippen LogP) is 2.45. The highest BCUT2D eigenvalue weighted by Gasteiger charge is 2.20. The van der Waals surface area contributed by atoms with Gasteiger partial charge in [0.05, 0.1) is 11.9 Å². The van der Waals surface area contributed by atoms with Crippen molar-refractivity contribution in [2.45, 2.75) is 32.4 Å². The Kier molecular flexibility index (Phi) is 5.21. The zero-order valence-electron chi connectivity index (χ0n) is 15.8. The Labute approximate surface area is 163 Å². The Morgan fingerprint density at radius 3 is 2.64 bits per heavy atom. The maximum absolute atomic E-state index is 13.1. The molecule has 0 spiro atoms. The standard InChI is InChI=1S/C20H24FN7/c1-14-10-19(26-20(22)25-14)27-8-6-17(7-9-27)23-11-15-12-24-28(13-15)18-4-2-16(21)3-5-18/h2-5,10,12-13,17,23H,6-9,11H2,1H3,(H2,22,25,26). The largest absolute Gasteiger partial charge is 0.368 e. The third kappa shape index (κ3) is 4.28. The summed E-state index contributed by atoms with van der Waals surface area (Å²) < 4.78 is 14.8. The maximum Gasteiger partial charge on any atom is 0.222 e. The van der Waals surface area contributed by atoms with Crippen molar-refractivity contribution < 1.29 is 4.39 Å². The normalized spacial score (nSPS) is 15.1. The molecule has 3 N–H and O–H groups in total. The van der Waals surface area contributed by atoms with E-state index in [0.717, 1.165) is 55.2 Å². The van der Waals surface area contributed by atoms with Crippen LogP contribution in [0.15, 0.2) is 42.7 Å². The van der Waals surface area contributed by atoms with E-state index in [1.165, 1.54) is 12.1 Å². The topological polar surface area (TPSA) is 84.9 Å². The van der Waals surface area contributed by atoms with Crippen molar-refractivity contribution in [2.24, 2.45) is 0 Å². The first-order valence-corrected chi connectivity index (χ1v) is 9.46. The van der Waals surface area contributed by atoms with E-state index in [1.54, 1.807) is 16.8 Å². The fraction of sp³-hybridized carbons (Fsp3) is 0.350. The molecule has 0 unspecified atom stereocenters. The summed E-state index contributed by atoms with van der Waals surface area (Å²) in [6.07, 6.45) is 5.89. The number of nitrogens with zero attached hydrogens (tertiary/aromatic N) is 5. The Morgan fingerprint density at radius 2 is 1.93 bits per heavy atom. The van der Waals surface area contributed by atoms with E-state index in [2.05, 4.69) is 25.3 Å². The van der Waals surface area contributed by atoms with Gasteiger partial charge >= 0.3 is 0 Å². The highest BCUT2D eigenvalue weighted by Crippen LogP contribution is 2.19. The van der Waals surface area contributed by atoms with Crippen LogP contribution in [0.25, 0.3) is 5.69 Å². The summed E-state index contributed by atoms with van der Waals surface area (Å²) in [6.45, 7) is 4.55. The summed E-state index contributed by atoms with van der Waals surface area (Å²) in [7, 11) is 0. The SMILES string of the molecule is Cc1cc(N2CCC(NCc3cnn(-c4ccc(F)cc4)c3)CC2)nc(N)n1. The number of benzene rings is 1. The first kappa shape index (κ1) is 18.4. The molecule has 0 saturated carbocycles. The zero-order chi connectivity index (χ0) is 19.5. The quantitative estimate of drug-likeness (QED) is 0.706. The third-order valence-electron chi connectivity index (χ3n) is 5.00. The van der Waals surface area contributed by atoms with Crippen LogP contribution >= 0.6 is 0 Å². The van der Waals surface area contributed by atoms with Gasteiger partial charge in [-0.15, -0.1) is 0 Å². The number of anilines is 2. The Balaban J connectivity index is 1.29. The minimum atomic E-state index is -0.246. The predicted molar refractivity (Wildman–Crippen MR) is 107 cm³/mol. The molecule has 7 nitrogen and oxygen atoms in total. The molecule has 3 heterocycles. The second-order valence-corrected chi connectivity index (χ2v) is 7.14. The first-order chi connectivity index (χ1) is 13.6. The van der Waals surface area contributed by atoms with Gasteiger partial charge < -0.3 is 16.0 Å². The molecule has 0 aliphatic carbocycles. The van der Waals surface area contributed by atoms with Crippen LogP contribution in [0.1, 0.15) is 24.1 Å². The molecular formula is C20H24FN7. The number of halogens is 1. The van der Waals surface area contributed by atoms with Crippen LogP contribution in [0.2, 0.25) is 0 Å². The van der Waals surface area contributed by atoms with E-state index in [4.69, 9.17) is 5.73 Å². The van der Waals surface area contributed by atoms with Crippen molar-refractivity contribution in [3.05, 3.63) is 59.8 Å². The summed E-state index contributed by atoms with van der Waals surface area (Å²) >= 11 is 0. The zero-order valence-corrected chi connectivity index (χ0v) is 15.8. The summed E-state index contributed by atoms with van der Waals surface area (Å²) in [4.78, 5) is 10.7. The van der Waals surface area contributed by atoms with E-state index in [0.29, 0.717) is 12.0 Å². The van der Waals surface area contributed by atoms with Gasteiger partial charge in [-0.05, 0) is 44.0 Å². The molecule has 4 rings (SSSR count). The molecule has 28 heavy (non-hydrogen) atoms. The number of hydrogen-bond donors (Lipinski definition) is 2. The van der Waals surface area contributed by atoms with Crippen molar-refractivity contribution in [3.63, 3.8) is 0 Å². The number of nitrogens with one attached hydrogen (secondary N) is 1. The van der Waals surface area contributed by atoms with E-state index in [1.807, 2.05) is 25.4 Å². The molecule has 8 heteroatoms. The van der Waals surface area contributed by atoms with Crippen molar-refractivity contribution in [1.29, 1.82) is 0 Å². The number of hydrogen-bond acceptors (Lipinski definition) is 6. The molecule has 1 fully saturated rings. The highest BCUT2D eigenvalue weighted by molar-refractivity contribution is 5.43. The summed E-state index contributed by atoms with van der Waals surface area (Å²) in [5, 5.41) is 7.98. The van der Waals surface area contributed by atoms with Gasteiger partial charge in [0.25, 0.3) is 0 Å². The van der Waals surface area contributed by atoms with E-state index in [-0.39, 0.29) is 5.82 Å². The van der Waals surface area contributed by atoms with Gasteiger partial charge in [-0.2, -0.15) is 10.1 Å². The molecule has 0 atom stereocenters. The summed E-state index contributed by atoms with van der Waals surface area (Å²) in [5.41, 5.74) is 8.61. The number of nitrogen functional groups attached to an aromatic ring is 1. The second-order valence-electron chi connectivity index (χ2n) is 7.14. The minimum absolute atomic E-state index is 0.246. The molecule has 1 saturated heterocycles. The molecule has 1 aliphatic heterocycles. The van der Waals surface area contributed by atoms with Crippen LogP contribution in [0, 0.1) is 12.7 Å². The van der Waals surface area contributed by atoms with Gasteiger partial charge in [0.1, 0.15) is 11.6 Å². The molecular weight excluding hydrogens is 357 g/mol. The Bertz CT molecular complexity index is 910.